The third kappa shape index (κ3) is 2.21. The number of hydrogen-bond donors (Lipinski definition) is 1. The Balaban J connectivity index is 2.08. The van der Waals surface area contributed by atoms with Gasteiger partial charge in [-0.15, -0.1) is 0 Å². The van der Waals surface area contributed by atoms with Crippen LogP contribution < -0.4 is 5.32 Å². The standard InChI is InChI=1S/C13H26N2/c1-5-12-8-14-10(2)9-15(12)13(3,4)11-6-7-11/h10-12,14H,5-9H2,1-4H3. The van der Waals surface area contributed by atoms with Crippen molar-refractivity contribution in [1.82, 2.24) is 10.2 Å². The molecular formula is C13H26N2. The molecule has 1 N–H and O–H groups in total. The second kappa shape index (κ2) is 4.06. The Morgan fingerprint density at radius 3 is 2.53 bits per heavy atom. The van der Waals surface area contributed by atoms with Gasteiger partial charge in [0, 0.05) is 30.7 Å². The van der Waals surface area contributed by atoms with Crippen molar-refractivity contribution in [3.63, 3.8) is 0 Å². The van der Waals surface area contributed by atoms with Gasteiger partial charge in [0.05, 0.1) is 0 Å². The maximum absolute atomic E-state index is 3.60. The summed E-state index contributed by atoms with van der Waals surface area (Å²) in [4.78, 5) is 2.77. The highest BCUT2D eigenvalue weighted by Crippen LogP contribution is 2.44. The number of hydrogen-bond acceptors (Lipinski definition) is 2. The largest absolute Gasteiger partial charge is 0.311 e. The molecule has 88 valence electrons. The van der Waals surface area contributed by atoms with Crippen molar-refractivity contribution in [3.8, 4) is 0 Å². The number of piperazine rings is 1. The van der Waals surface area contributed by atoms with E-state index in [1.54, 1.807) is 0 Å². The third-order valence-electron chi connectivity index (χ3n) is 4.40. The highest BCUT2D eigenvalue weighted by atomic mass is 15.3. The summed E-state index contributed by atoms with van der Waals surface area (Å²) in [5, 5.41) is 3.60. The summed E-state index contributed by atoms with van der Waals surface area (Å²) in [5.74, 6) is 0.955. The second-order valence-corrected chi connectivity index (χ2v) is 5.95. The molecular weight excluding hydrogens is 184 g/mol. The summed E-state index contributed by atoms with van der Waals surface area (Å²) in [7, 11) is 0. The third-order valence-corrected chi connectivity index (χ3v) is 4.40. The average molecular weight is 210 g/mol. The molecule has 2 nitrogen and oxygen atoms in total. The lowest BCUT2D eigenvalue weighted by Crippen LogP contribution is -2.62. The Labute approximate surface area is 94.4 Å². The van der Waals surface area contributed by atoms with Crippen LogP contribution in [0.5, 0.6) is 0 Å². The molecule has 0 radical (unpaired) electrons. The molecule has 1 aliphatic carbocycles. The van der Waals surface area contributed by atoms with Crippen LogP contribution in [-0.4, -0.2) is 35.6 Å². The highest BCUT2D eigenvalue weighted by Gasteiger charge is 2.45. The van der Waals surface area contributed by atoms with E-state index in [1.165, 1.54) is 32.4 Å². The van der Waals surface area contributed by atoms with Gasteiger partial charge in [0.2, 0.25) is 0 Å². The first-order valence-corrected chi connectivity index (χ1v) is 6.55. The van der Waals surface area contributed by atoms with Gasteiger partial charge in [-0.25, -0.2) is 0 Å². The van der Waals surface area contributed by atoms with Crippen molar-refractivity contribution >= 4 is 0 Å². The van der Waals surface area contributed by atoms with Crippen LogP contribution >= 0.6 is 0 Å². The Hall–Kier alpha value is -0.0800. The molecule has 0 aromatic heterocycles. The van der Waals surface area contributed by atoms with E-state index >= 15 is 0 Å². The van der Waals surface area contributed by atoms with Gasteiger partial charge >= 0.3 is 0 Å². The van der Waals surface area contributed by atoms with Gasteiger partial charge in [-0.05, 0) is 46.0 Å². The number of rotatable bonds is 3. The van der Waals surface area contributed by atoms with Gasteiger partial charge in [0.1, 0.15) is 0 Å². The minimum absolute atomic E-state index is 0.428. The van der Waals surface area contributed by atoms with Crippen molar-refractivity contribution in [2.75, 3.05) is 13.1 Å². The van der Waals surface area contributed by atoms with Crippen LogP contribution in [0.1, 0.15) is 47.0 Å². The van der Waals surface area contributed by atoms with Gasteiger partial charge in [-0.3, -0.25) is 4.90 Å². The minimum atomic E-state index is 0.428. The first-order chi connectivity index (χ1) is 7.05. The summed E-state index contributed by atoms with van der Waals surface area (Å²) in [5.41, 5.74) is 0.428. The molecule has 1 saturated carbocycles. The topological polar surface area (TPSA) is 15.3 Å². The molecule has 1 heterocycles. The fourth-order valence-electron chi connectivity index (χ4n) is 3.05. The zero-order valence-electron chi connectivity index (χ0n) is 10.7. The fourth-order valence-corrected chi connectivity index (χ4v) is 3.05. The number of nitrogens with zero attached hydrogens (tertiary/aromatic N) is 1. The molecule has 2 heteroatoms. The second-order valence-electron chi connectivity index (χ2n) is 5.95. The van der Waals surface area contributed by atoms with Gasteiger partial charge in [-0.1, -0.05) is 6.92 Å². The summed E-state index contributed by atoms with van der Waals surface area (Å²) in [6.45, 7) is 11.9. The Morgan fingerprint density at radius 1 is 1.33 bits per heavy atom. The molecule has 0 bridgehead atoms. The SMILES string of the molecule is CCC1CNC(C)CN1C(C)(C)C1CC1. The molecule has 15 heavy (non-hydrogen) atoms. The molecule has 0 aromatic rings. The lowest BCUT2D eigenvalue weighted by atomic mass is 9.91. The predicted octanol–water partition coefficient (Wildman–Crippen LogP) is 2.25. The summed E-state index contributed by atoms with van der Waals surface area (Å²) in [6, 6.07) is 1.41. The lowest BCUT2D eigenvalue weighted by molar-refractivity contribution is 0.0181. The van der Waals surface area contributed by atoms with Crippen LogP contribution in [0.15, 0.2) is 0 Å². The molecule has 2 atom stereocenters. The normalized spacial score (nSPS) is 34.4. The first kappa shape index (κ1) is 11.4. The zero-order chi connectivity index (χ0) is 11.1. The lowest BCUT2D eigenvalue weighted by Gasteiger charge is -2.49. The van der Waals surface area contributed by atoms with E-state index in [-0.39, 0.29) is 0 Å². The monoisotopic (exact) mass is 210 g/mol. The van der Waals surface area contributed by atoms with Crippen molar-refractivity contribution in [2.45, 2.75) is 64.6 Å². The van der Waals surface area contributed by atoms with E-state index in [2.05, 4.69) is 37.9 Å². The van der Waals surface area contributed by atoms with Crippen molar-refractivity contribution in [2.24, 2.45) is 5.92 Å². The van der Waals surface area contributed by atoms with Gasteiger partial charge in [-0.2, -0.15) is 0 Å². The highest BCUT2D eigenvalue weighted by molar-refractivity contribution is 5.00. The summed E-state index contributed by atoms with van der Waals surface area (Å²) in [6.07, 6.45) is 4.17. The summed E-state index contributed by atoms with van der Waals surface area (Å²) < 4.78 is 0. The molecule has 2 aliphatic rings. The van der Waals surface area contributed by atoms with E-state index in [0.29, 0.717) is 11.6 Å². The summed E-state index contributed by atoms with van der Waals surface area (Å²) >= 11 is 0. The zero-order valence-corrected chi connectivity index (χ0v) is 10.7. The van der Waals surface area contributed by atoms with E-state index in [4.69, 9.17) is 0 Å². The van der Waals surface area contributed by atoms with Crippen LogP contribution in [-0.2, 0) is 0 Å². The van der Waals surface area contributed by atoms with E-state index < -0.39 is 0 Å². The van der Waals surface area contributed by atoms with Crippen LogP contribution in [0, 0.1) is 5.92 Å². The molecule has 1 aliphatic heterocycles. The Kier molecular flexibility index (Phi) is 3.09. The van der Waals surface area contributed by atoms with E-state index in [1.807, 2.05) is 0 Å². The van der Waals surface area contributed by atoms with Gasteiger partial charge < -0.3 is 5.32 Å². The minimum Gasteiger partial charge on any atom is -0.311 e. The van der Waals surface area contributed by atoms with Crippen molar-refractivity contribution < 1.29 is 0 Å². The molecule has 2 unspecified atom stereocenters. The van der Waals surface area contributed by atoms with Crippen LogP contribution in [0.3, 0.4) is 0 Å². The smallest absolute Gasteiger partial charge is 0.0224 e. The van der Waals surface area contributed by atoms with Gasteiger partial charge in [0.15, 0.2) is 0 Å². The Morgan fingerprint density at radius 2 is 2.00 bits per heavy atom. The average Bonchev–Trinajstić information content (AvgIpc) is 3.01. The fraction of sp³-hybridized carbons (Fsp3) is 1.00. The maximum atomic E-state index is 3.60. The Bertz CT molecular complexity index is 221. The van der Waals surface area contributed by atoms with E-state index in [9.17, 15) is 0 Å². The molecule has 0 aromatic carbocycles. The van der Waals surface area contributed by atoms with Crippen LogP contribution in [0.2, 0.25) is 0 Å². The molecule has 0 amide bonds. The molecule has 2 fully saturated rings. The van der Waals surface area contributed by atoms with Crippen LogP contribution in [0.25, 0.3) is 0 Å². The molecule has 1 saturated heterocycles. The maximum Gasteiger partial charge on any atom is 0.0224 e. The molecule has 2 rings (SSSR count). The predicted molar refractivity (Wildman–Crippen MR) is 65.1 cm³/mol. The molecule has 0 spiro atoms. The van der Waals surface area contributed by atoms with Crippen LogP contribution in [0.4, 0.5) is 0 Å². The number of nitrogens with one attached hydrogen (secondary N) is 1. The first-order valence-electron chi connectivity index (χ1n) is 6.55. The van der Waals surface area contributed by atoms with E-state index in [0.717, 1.165) is 12.0 Å². The van der Waals surface area contributed by atoms with Crippen molar-refractivity contribution in [1.29, 1.82) is 0 Å². The van der Waals surface area contributed by atoms with Gasteiger partial charge in [0.25, 0.3) is 0 Å². The quantitative estimate of drug-likeness (QED) is 0.768. The van der Waals surface area contributed by atoms with Crippen molar-refractivity contribution in [3.05, 3.63) is 0 Å².